The van der Waals surface area contributed by atoms with Crippen LogP contribution in [0.2, 0.25) is 5.02 Å². The molecule has 5 heteroatoms. The van der Waals surface area contributed by atoms with Gasteiger partial charge in [0.1, 0.15) is 5.82 Å². The third-order valence-corrected chi connectivity index (χ3v) is 4.50. The summed E-state index contributed by atoms with van der Waals surface area (Å²) < 4.78 is 13.6. The Labute approximate surface area is 146 Å². The maximum atomic E-state index is 13.6. The summed E-state index contributed by atoms with van der Waals surface area (Å²) in [4.78, 5) is 12.4. The minimum Gasteiger partial charge on any atom is -0.345 e. The van der Waals surface area contributed by atoms with E-state index >= 15 is 0 Å². The van der Waals surface area contributed by atoms with Gasteiger partial charge in [0.15, 0.2) is 0 Å². The third kappa shape index (κ3) is 4.34. The fraction of sp³-hybridized carbons (Fsp3) is 0.316. The Balaban J connectivity index is 1.83. The molecule has 1 heterocycles. The highest BCUT2D eigenvalue weighted by molar-refractivity contribution is 6.30. The summed E-state index contributed by atoms with van der Waals surface area (Å²) in [6.45, 7) is 0.958. The van der Waals surface area contributed by atoms with E-state index in [1.54, 1.807) is 18.2 Å². The van der Waals surface area contributed by atoms with Crippen molar-refractivity contribution in [2.24, 2.45) is 0 Å². The van der Waals surface area contributed by atoms with E-state index in [2.05, 4.69) is 10.6 Å². The van der Waals surface area contributed by atoms with E-state index in [9.17, 15) is 9.18 Å². The van der Waals surface area contributed by atoms with E-state index in [1.165, 1.54) is 12.1 Å². The lowest BCUT2D eigenvalue weighted by atomic mass is 9.98. The van der Waals surface area contributed by atoms with Gasteiger partial charge in [-0.2, -0.15) is 0 Å². The maximum Gasteiger partial charge on any atom is 0.222 e. The third-order valence-electron chi connectivity index (χ3n) is 4.26. The summed E-state index contributed by atoms with van der Waals surface area (Å²) in [5, 5.41) is 6.93. The maximum absolute atomic E-state index is 13.6. The van der Waals surface area contributed by atoms with Crippen LogP contribution in [0.25, 0.3) is 0 Å². The molecular formula is C19H20ClFN2O. The normalized spacial score (nSPS) is 18.3. The molecule has 3 rings (SSSR count). The lowest BCUT2D eigenvalue weighted by Crippen LogP contribution is -2.34. The minimum atomic E-state index is -0.423. The SMILES string of the molecule is O=C(CC1CCCN1)NC(c1cccc(F)c1)c1cccc(Cl)c1. The second-order valence-electron chi connectivity index (χ2n) is 6.11. The molecule has 1 fully saturated rings. The highest BCUT2D eigenvalue weighted by atomic mass is 35.5. The van der Waals surface area contributed by atoms with Gasteiger partial charge < -0.3 is 10.6 Å². The molecule has 126 valence electrons. The predicted molar refractivity (Wildman–Crippen MR) is 93.5 cm³/mol. The smallest absolute Gasteiger partial charge is 0.222 e. The van der Waals surface area contributed by atoms with Crippen molar-refractivity contribution in [2.45, 2.75) is 31.3 Å². The molecule has 2 atom stereocenters. The molecule has 1 aliphatic heterocycles. The van der Waals surface area contributed by atoms with Crippen molar-refractivity contribution >= 4 is 17.5 Å². The number of halogens is 2. The number of hydrogen-bond donors (Lipinski definition) is 2. The molecule has 2 aromatic carbocycles. The highest BCUT2D eigenvalue weighted by Crippen LogP contribution is 2.25. The molecule has 0 radical (unpaired) electrons. The zero-order valence-electron chi connectivity index (χ0n) is 13.3. The summed E-state index contributed by atoms with van der Waals surface area (Å²) >= 11 is 6.08. The molecule has 0 aliphatic carbocycles. The van der Waals surface area contributed by atoms with E-state index < -0.39 is 6.04 Å². The van der Waals surface area contributed by atoms with Crippen molar-refractivity contribution in [1.82, 2.24) is 10.6 Å². The topological polar surface area (TPSA) is 41.1 Å². The lowest BCUT2D eigenvalue weighted by Gasteiger charge is -2.21. The van der Waals surface area contributed by atoms with Crippen molar-refractivity contribution in [1.29, 1.82) is 0 Å². The Morgan fingerprint density at radius 2 is 2.00 bits per heavy atom. The van der Waals surface area contributed by atoms with Crippen LogP contribution in [0.1, 0.15) is 36.4 Å². The first-order chi connectivity index (χ1) is 11.6. The van der Waals surface area contributed by atoms with Gasteiger partial charge in [0.2, 0.25) is 5.91 Å². The Hall–Kier alpha value is -1.91. The molecule has 1 aliphatic rings. The first-order valence-corrected chi connectivity index (χ1v) is 8.53. The average molecular weight is 347 g/mol. The van der Waals surface area contributed by atoms with E-state index in [-0.39, 0.29) is 17.8 Å². The molecule has 24 heavy (non-hydrogen) atoms. The molecule has 3 nitrogen and oxygen atoms in total. The van der Waals surface area contributed by atoms with Crippen LogP contribution in [-0.2, 0) is 4.79 Å². The molecule has 0 aromatic heterocycles. The lowest BCUT2D eigenvalue weighted by molar-refractivity contribution is -0.122. The number of nitrogens with one attached hydrogen (secondary N) is 2. The van der Waals surface area contributed by atoms with Crippen LogP contribution in [0.5, 0.6) is 0 Å². The number of carbonyl (C=O) groups is 1. The Morgan fingerprint density at radius 3 is 2.67 bits per heavy atom. The van der Waals surface area contributed by atoms with Gasteiger partial charge in [-0.25, -0.2) is 4.39 Å². The van der Waals surface area contributed by atoms with Crippen molar-refractivity contribution < 1.29 is 9.18 Å². The fourth-order valence-corrected chi connectivity index (χ4v) is 3.30. The van der Waals surface area contributed by atoms with E-state index in [0.29, 0.717) is 17.0 Å². The number of benzene rings is 2. The van der Waals surface area contributed by atoms with Gasteiger partial charge in [0.05, 0.1) is 6.04 Å². The number of carbonyl (C=O) groups excluding carboxylic acids is 1. The van der Waals surface area contributed by atoms with Crippen molar-refractivity contribution in [2.75, 3.05) is 6.54 Å². The van der Waals surface area contributed by atoms with Crippen LogP contribution in [-0.4, -0.2) is 18.5 Å². The molecule has 0 bridgehead atoms. The molecule has 2 aromatic rings. The fourth-order valence-electron chi connectivity index (χ4n) is 3.11. The van der Waals surface area contributed by atoms with Gasteiger partial charge in [0.25, 0.3) is 0 Å². The van der Waals surface area contributed by atoms with E-state index in [0.717, 1.165) is 24.9 Å². The molecule has 1 amide bonds. The van der Waals surface area contributed by atoms with Crippen LogP contribution >= 0.6 is 11.6 Å². The molecule has 0 saturated carbocycles. The summed E-state index contributed by atoms with van der Waals surface area (Å²) in [5.74, 6) is -0.380. The Bertz CT molecular complexity index is 671. The molecule has 0 spiro atoms. The summed E-state index contributed by atoms with van der Waals surface area (Å²) in [5.41, 5.74) is 1.53. The first kappa shape index (κ1) is 16.9. The van der Waals surface area contributed by atoms with E-state index in [1.807, 2.05) is 18.2 Å². The summed E-state index contributed by atoms with van der Waals surface area (Å²) in [7, 11) is 0. The average Bonchev–Trinajstić information content (AvgIpc) is 3.05. The molecule has 1 saturated heterocycles. The van der Waals surface area contributed by atoms with Gasteiger partial charge >= 0.3 is 0 Å². The van der Waals surface area contributed by atoms with Gasteiger partial charge in [-0.15, -0.1) is 0 Å². The van der Waals surface area contributed by atoms with Crippen LogP contribution in [0.15, 0.2) is 48.5 Å². The highest BCUT2D eigenvalue weighted by Gasteiger charge is 2.22. The Kier molecular flexibility index (Phi) is 5.48. The monoisotopic (exact) mass is 346 g/mol. The van der Waals surface area contributed by atoms with Crippen molar-refractivity contribution in [3.05, 3.63) is 70.5 Å². The number of hydrogen-bond acceptors (Lipinski definition) is 2. The second-order valence-corrected chi connectivity index (χ2v) is 6.54. The van der Waals surface area contributed by atoms with Gasteiger partial charge in [-0.3, -0.25) is 4.79 Å². The number of amides is 1. The largest absolute Gasteiger partial charge is 0.345 e. The van der Waals surface area contributed by atoms with Crippen LogP contribution < -0.4 is 10.6 Å². The van der Waals surface area contributed by atoms with Gasteiger partial charge in [-0.05, 0) is 54.8 Å². The van der Waals surface area contributed by atoms with Gasteiger partial charge in [-0.1, -0.05) is 35.9 Å². The summed E-state index contributed by atoms with van der Waals surface area (Å²) in [6, 6.07) is 13.4. The quantitative estimate of drug-likeness (QED) is 0.864. The second kappa shape index (κ2) is 7.77. The first-order valence-electron chi connectivity index (χ1n) is 8.15. The zero-order chi connectivity index (χ0) is 16.9. The van der Waals surface area contributed by atoms with Crippen LogP contribution in [0.4, 0.5) is 4.39 Å². The minimum absolute atomic E-state index is 0.0522. The van der Waals surface area contributed by atoms with Crippen LogP contribution in [0.3, 0.4) is 0 Å². The standard InChI is InChI=1S/C19H20ClFN2O/c20-15-6-1-4-13(10-15)19(14-5-2-7-16(21)11-14)23-18(24)12-17-8-3-9-22-17/h1-2,4-7,10-11,17,19,22H,3,8-9,12H2,(H,23,24). The number of rotatable bonds is 5. The molecule has 2 unspecified atom stereocenters. The van der Waals surface area contributed by atoms with Crippen molar-refractivity contribution in [3.63, 3.8) is 0 Å². The predicted octanol–water partition coefficient (Wildman–Crippen LogP) is 3.83. The van der Waals surface area contributed by atoms with Crippen molar-refractivity contribution in [3.8, 4) is 0 Å². The van der Waals surface area contributed by atoms with E-state index in [4.69, 9.17) is 11.6 Å². The zero-order valence-corrected chi connectivity index (χ0v) is 14.0. The summed E-state index contributed by atoms with van der Waals surface area (Å²) in [6.07, 6.45) is 2.53. The molecular weight excluding hydrogens is 327 g/mol. The molecule has 2 N–H and O–H groups in total. The van der Waals surface area contributed by atoms with Gasteiger partial charge in [0, 0.05) is 17.5 Å². The van der Waals surface area contributed by atoms with Crippen LogP contribution in [0, 0.1) is 5.82 Å². The Morgan fingerprint density at radius 1 is 1.25 bits per heavy atom.